The van der Waals surface area contributed by atoms with E-state index in [0.29, 0.717) is 18.7 Å². The molecule has 1 aromatic heterocycles. The predicted octanol–water partition coefficient (Wildman–Crippen LogP) is 2.55. The highest BCUT2D eigenvalue weighted by Gasteiger charge is 2.41. The van der Waals surface area contributed by atoms with Crippen molar-refractivity contribution in [3.05, 3.63) is 77.9 Å². The average molecular weight is 460 g/mol. The molecule has 2 aromatic carbocycles. The zero-order valence-corrected chi connectivity index (χ0v) is 18.3. The SMILES string of the molecule is O=C(N[C@@H](Cc1cnc[nH]1)C(=O)N1CCC1C(=O)O)OCC1c2ccccc2-c2ccccc21. The van der Waals surface area contributed by atoms with Gasteiger partial charge in [-0.3, -0.25) is 4.79 Å². The number of ether oxygens (including phenoxy) is 1. The number of aliphatic carboxylic acids is 1. The molecule has 9 nitrogen and oxygen atoms in total. The summed E-state index contributed by atoms with van der Waals surface area (Å²) < 4.78 is 5.58. The molecule has 0 radical (unpaired) electrons. The lowest BCUT2D eigenvalue weighted by molar-refractivity contribution is -0.158. The Balaban J connectivity index is 1.29. The average Bonchev–Trinajstić information content (AvgIpc) is 3.42. The second-order valence-electron chi connectivity index (χ2n) is 8.48. The molecule has 0 spiro atoms. The number of amides is 2. The van der Waals surface area contributed by atoms with E-state index < -0.39 is 30.1 Å². The zero-order chi connectivity index (χ0) is 23.7. The molecule has 0 bridgehead atoms. The van der Waals surface area contributed by atoms with Crippen molar-refractivity contribution in [3.63, 3.8) is 0 Å². The van der Waals surface area contributed by atoms with Gasteiger partial charge < -0.3 is 25.0 Å². The van der Waals surface area contributed by atoms with E-state index in [0.717, 1.165) is 22.3 Å². The van der Waals surface area contributed by atoms with Gasteiger partial charge in [-0.25, -0.2) is 14.6 Å². The first-order chi connectivity index (χ1) is 16.5. The van der Waals surface area contributed by atoms with Crippen LogP contribution in [0.4, 0.5) is 4.79 Å². The van der Waals surface area contributed by atoms with Crippen molar-refractivity contribution in [2.75, 3.05) is 13.2 Å². The van der Waals surface area contributed by atoms with Gasteiger partial charge in [0.25, 0.3) is 0 Å². The fourth-order valence-electron chi connectivity index (χ4n) is 4.71. The van der Waals surface area contributed by atoms with E-state index in [-0.39, 0.29) is 18.9 Å². The third-order valence-corrected chi connectivity index (χ3v) is 6.50. The summed E-state index contributed by atoms with van der Waals surface area (Å²) in [5.41, 5.74) is 5.07. The van der Waals surface area contributed by atoms with Gasteiger partial charge in [-0.2, -0.15) is 0 Å². The number of likely N-dealkylation sites (tertiary alicyclic amines) is 1. The number of imidazole rings is 1. The number of aromatic nitrogens is 2. The second-order valence-corrected chi connectivity index (χ2v) is 8.48. The highest BCUT2D eigenvalue weighted by molar-refractivity contribution is 5.90. The molecule has 1 aliphatic heterocycles. The Morgan fingerprint density at radius 3 is 2.35 bits per heavy atom. The number of hydrogen-bond acceptors (Lipinski definition) is 5. The van der Waals surface area contributed by atoms with E-state index in [9.17, 15) is 19.5 Å². The normalized spacial score (nSPS) is 17.3. The molecule has 2 atom stereocenters. The van der Waals surface area contributed by atoms with Gasteiger partial charge in [-0.05, 0) is 28.7 Å². The van der Waals surface area contributed by atoms with Crippen LogP contribution >= 0.6 is 0 Å². The van der Waals surface area contributed by atoms with Crippen molar-refractivity contribution in [3.8, 4) is 11.1 Å². The van der Waals surface area contributed by atoms with Gasteiger partial charge in [0.2, 0.25) is 5.91 Å². The Hall–Kier alpha value is -4.14. The maximum absolute atomic E-state index is 13.0. The molecule has 5 rings (SSSR count). The fraction of sp³-hybridized carbons (Fsp3) is 0.280. The molecule has 2 heterocycles. The lowest BCUT2D eigenvalue weighted by atomic mass is 9.98. The van der Waals surface area contributed by atoms with Crippen molar-refractivity contribution >= 4 is 18.0 Å². The third-order valence-electron chi connectivity index (χ3n) is 6.50. The topological polar surface area (TPSA) is 125 Å². The van der Waals surface area contributed by atoms with E-state index in [1.54, 1.807) is 6.20 Å². The first kappa shape index (κ1) is 21.7. The quantitative estimate of drug-likeness (QED) is 0.498. The molecule has 2 amide bonds. The Morgan fingerprint density at radius 1 is 1.12 bits per heavy atom. The van der Waals surface area contributed by atoms with E-state index in [1.807, 2.05) is 36.4 Å². The zero-order valence-electron chi connectivity index (χ0n) is 18.3. The first-order valence-electron chi connectivity index (χ1n) is 11.1. The number of fused-ring (bicyclic) bond motifs is 3. The van der Waals surface area contributed by atoms with Crippen LogP contribution in [0.2, 0.25) is 0 Å². The molecule has 3 aromatic rings. The highest BCUT2D eigenvalue weighted by atomic mass is 16.5. The number of hydrogen-bond donors (Lipinski definition) is 3. The summed E-state index contributed by atoms with van der Waals surface area (Å²) in [4.78, 5) is 45.3. The number of nitrogens with one attached hydrogen (secondary N) is 2. The lowest BCUT2D eigenvalue weighted by Gasteiger charge is -2.40. The fourth-order valence-corrected chi connectivity index (χ4v) is 4.71. The summed E-state index contributed by atoms with van der Waals surface area (Å²) in [6, 6.07) is 14.2. The molecular formula is C25H24N4O5. The maximum Gasteiger partial charge on any atom is 0.407 e. The summed E-state index contributed by atoms with van der Waals surface area (Å²) in [6.45, 7) is 0.452. The Bertz CT molecular complexity index is 1180. The van der Waals surface area contributed by atoms with Crippen LogP contribution in [0.3, 0.4) is 0 Å². The van der Waals surface area contributed by atoms with Crippen LogP contribution in [0.25, 0.3) is 11.1 Å². The van der Waals surface area contributed by atoms with Crippen molar-refractivity contribution in [1.82, 2.24) is 20.2 Å². The standard InChI is InChI=1S/C25H24N4O5/c30-23(29-10-9-22(29)24(31)32)21(11-15-12-26-14-27-15)28-25(33)34-13-20-18-7-3-1-5-16(18)17-6-2-4-8-19(17)20/h1-8,12,14,20-22H,9-11,13H2,(H,26,27)(H,28,33)(H,31,32)/t21-,22?/m0/s1. The number of alkyl carbamates (subject to hydrolysis) is 1. The number of benzene rings is 2. The number of carboxylic acids is 1. The van der Waals surface area contributed by atoms with Crippen molar-refractivity contribution in [1.29, 1.82) is 0 Å². The Kier molecular flexibility index (Phi) is 5.75. The minimum absolute atomic E-state index is 0.105. The number of carbonyl (C=O) groups excluding carboxylic acids is 2. The van der Waals surface area contributed by atoms with Crippen LogP contribution in [0.1, 0.15) is 29.2 Å². The largest absolute Gasteiger partial charge is 0.480 e. The smallest absolute Gasteiger partial charge is 0.407 e. The number of aromatic amines is 1. The Morgan fingerprint density at radius 2 is 1.79 bits per heavy atom. The van der Waals surface area contributed by atoms with Crippen molar-refractivity contribution in [2.24, 2.45) is 0 Å². The van der Waals surface area contributed by atoms with Crippen LogP contribution in [-0.2, 0) is 20.7 Å². The number of rotatable bonds is 7. The second kappa shape index (κ2) is 9.01. The van der Waals surface area contributed by atoms with E-state index in [1.165, 1.54) is 11.2 Å². The molecule has 3 N–H and O–H groups in total. The summed E-state index contributed by atoms with van der Waals surface area (Å²) in [7, 11) is 0. The molecule has 174 valence electrons. The van der Waals surface area contributed by atoms with Crippen LogP contribution < -0.4 is 5.32 Å². The first-order valence-corrected chi connectivity index (χ1v) is 11.1. The number of carbonyl (C=O) groups is 3. The van der Waals surface area contributed by atoms with E-state index in [4.69, 9.17) is 4.74 Å². The van der Waals surface area contributed by atoms with Gasteiger partial charge >= 0.3 is 12.1 Å². The minimum atomic E-state index is -1.05. The summed E-state index contributed by atoms with van der Waals surface area (Å²) in [5.74, 6) is -1.62. The van der Waals surface area contributed by atoms with Gasteiger partial charge in [0.05, 0.1) is 6.33 Å². The molecule has 0 saturated carbocycles. The molecule has 1 fully saturated rings. The van der Waals surface area contributed by atoms with Gasteiger partial charge in [0.15, 0.2) is 0 Å². The minimum Gasteiger partial charge on any atom is -0.480 e. The van der Waals surface area contributed by atoms with Gasteiger partial charge in [-0.1, -0.05) is 48.5 Å². The lowest BCUT2D eigenvalue weighted by Crippen LogP contribution is -2.61. The van der Waals surface area contributed by atoms with Crippen molar-refractivity contribution < 1.29 is 24.2 Å². The maximum atomic E-state index is 13.0. The number of H-pyrrole nitrogens is 1. The predicted molar refractivity (Wildman–Crippen MR) is 122 cm³/mol. The van der Waals surface area contributed by atoms with Crippen LogP contribution in [0, 0.1) is 0 Å². The van der Waals surface area contributed by atoms with Crippen LogP contribution in [0.15, 0.2) is 61.1 Å². The molecule has 1 saturated heterocycles. The van der Waals surface area contributed by atoms with Gasteiger partial charge in [-0.15, -0.1) is 0 Å². The molecule has 9 heteroatoms. The molecular weight excluding hydrogens is 436 g/mol. The van der Waals surface area contributed by atoms with Crippen LogP contribution in [-0.4, -0.2) is 63.2 Å². The van der Waals surface area contributed by atoms with Gasteiger partial charge in [0.1, 0.15) is 18.7 Å². The van der Waals surface area contributed by atoms with Crippen molar-refractivity contribution in [2.45, 2.75) is 30.8 Å². The monoisotopic (exact) mass is 460 g/mol. The Labute approximate surface area is 195 Å². The summed E-state index contributed by atoms with van der Waals surface area (Å²) in [5, 5.41) is 12.0. The summed E-state index contributed by atoms with van der Waals surface area (Å²) >= 11 is 0. The van der Waals surface area contributed by atoms with E-state index in [2.05, 4.69) is 27.4 Å². The number of carboxylic acid groups (broad SMARTS) is 1. The van der Waals surface area contributed by atoms with E-state index >= 15 is 0 Å². The third kappa shape index (κ3) is 4.00. The molecule has 1 aliphatic carbocycles. The van der Waals surface area contributed by atoms with Crippen LogP contribution in [0.5, 0.6) is 0 Å². The summed E-state index contributed by atoms with van der Waals surface area (Å²) in [6.07, 6.45) is 2.85. The molecule has 34 heavy (non-hydrogen) atoms. The highest BCUT2D eigenvalue weighted by Crippen LogP contribution is 2.44. The molecule has 1 unspecified atom stereocenters. The van der Waals surface area contributed by atoms with Gasteiger partial charge in [0, 0.05) is 30.8 Å². The number of nitrogens with zero attached hydrogens (tertiary/aromatic N) is 2. The molecule has 2 aliphatic rings.